The largest absolute Gasteiger partial charge is 0.497 e. The van der Waals surface area contributed by atoms with Crippen LogP contribution in [0.5, 0.6) is 5.75 Å². The smallest absolute Gasteiger partial charge is 0.264 e. The van der Waals surface area contributed by atoms with Crippen molar-refractivity contribution in [1.82, 2.24) is 10.2 Å². The summed E-state index contributed by atoms with van der Waals surface area (Å²) in [6.45, 7) is 9.19. The minimum atomic E-state index is -4.18. The first-order chi connectivity index (χ1) is 22.4. The number of carbonyl (C=O) groups is 2. The molecule has 0 saturated heterocycles. The molecule has 4 aromatic rings. The molecular formula is C38H45N3O5S. The summed E-state index contributed by atoms with van der Waals surface area (Å²) < 4.78 is 35.2. The molecule has 0 spiro atoms. The molecule has 0 fully saturated rings. The fourth-order valence-electron chi connectivity index (χ4n) is 5.21. The average molecular weight is 656 g/mol. The number of aryl methyl sites for hydroxylation is 3. The van der Waals surface area contributed by atoms with Crippen molar-refractivity contribution < 1.29 is 22.7 Å². The third kappa shape index (κ3) is 9.01. The molecule has 0 unspecified atom stereocenters. The number of hydrogen-bond acceptors (Lipinski definition) is 5. The highest BCUT2D eigenvalue weighted by Crippen LogP contribution is 2.27. The molecule has 4 aromatic carbocycles. The topological polar surface area (TPSA) is 96.0 Å². The lowest BCUT2D eigenvalue weighted by Gasteiger charge is -2.34. The molecule has 0 aliphatic rings. The van der Waals surface area contributed by atoms with Crippen molar-refractivity contribution in [2.75, 3.05) is 18.0 Å². The van der Waals surface area contributed by atoms with E-state index in [9.17, 15) is 18.0 Å². The third-order valence-corrected chi connectivity index (χ3v) is 10.2. The Hall–Kier alpha value is -4.63. The average Bonchev–Trinajstić information content (AvgIpc) is 3.07. The SMILES string of the molecule is CC[C@@H](C)NC(=O)[C@H](Cc1ccccc1)N(Cc1cccc(OC)c1)C(=O)CN(c1ccc(C)c(C)c1)S(=O)(=O)c1ccc(C)cc1. The van der Waals surface area contributed by atoms with Gasteiger partial charge in [0.2, 0.25) is 11.8 Å². The molecule has 0 saturated carbocycles. The Morgan fingerprint density at radius 1 is 0.830 bits per heavy atom. The van der Waals surface area contributed by atoms with Gasteiger partial charge >= 0.3 is 0 Å². The molecule has 4 rings (SSSR count). The Balaban J connectivity index is 1.83. The molecule has 1 N–H and O–H groups in total. The van der Waals surface area contributed by atoms with Crippen molar-refractivity contribution in [2.45, 2.75) is 71.0 Å². The Morgan fingerprint density at radius 3 is 2.15 bits per heavy atom. The number of anilines is 1. The maximum atomic E-state index is 14.7. The van der Waals surface area contributed by atoms with E-state index >= 15 is 0 Å². The Morgan fingerprint density at radius 2 is 1.51 bits per heavy atom. The van der Waals surface area contributed by atoms with Crippen LogP contribution in [0.25, 0.3) is 0 Å². The van der Waals surface area contributed by atoms with Crippen LogP contribution in [0, 0.1) is 20.8 Å². The summed E-state index contributed by atoms with van der Waals surface area (Å²) in [5.74, 6) is -0.210. The third-order valence-electron chi connectivity index (χ3n) is 8.43. The summed E-state index contributed by atoms with van der Waals surface area (Å²) in [5, 5.41) is 3.06. The summed E-state index contributed by atoms with van der Waals surface area (Å²) in [6.07, 6.45) is 0.955. The number of nitrogens with zero attached hydrogens (tertiary/aromatic N) is 2. The Bertz CT molecular complexity index is 1780. The second-order valence-electron chi connectivity index (χ2n) is 12.0. The zero-order valence-electron chi connectivity index (χ0n) is 28.1. The van der Waals surface area contributed by atoms with E-state index in [4.69, 9.17) is 4.74 Å². The van der Waals surface area contributed by atoms with E-state index in [0.29, 0.717) is 17.9 Å². The number of sulfonamides is 1. The quantitative estimate of drug-likeness (QED) is 0.170. The van der Waals surface area contributed by atoms with Gasteiger partial charge in [0.25, 0.3) is 10.0 Å². The van der Waals surface area contributed by atoms with Gasteiger partial charge in [0.1, 0.15) is 18.3 Å². The molecule has 248 valence electrons. The lowest BCUT2D eigenvalue weighted by molar-refractivity contribution is -0.140. The van der Waals surface area contributed by atoms with E-state index < -0.39 is 28.5 Å². The Labute approximate surface area is 279 Å². The number of amides is 2. The summed E-state index contributed by atoms with van der Waals surface area (Å²) in [4.78, 5) is 30.2. The number of carbonyl (C=O) groups excluding carboxylic acids is 2. The molecule has 0 aliphatic carbocycles. The van der Waals surface area contributed by atoms with E-state index in [1.807, 2.05) is 95.3 Å². The van der Waals surface area contributed by atoms with E-state index in [-0.39, 0.29) is 29.8 Å². The molecular weight excluding hydrogens is 611 g/mol. The molecule has 0 radical (unpaired) electrons. The van der Waals surface area contributed by atoms with Crippen LogP contribution in [-0.4, -0.2) is 50.9 Å². The van der Waals surface area contributed by atoms with E-state index in [0.717, 1.165) is 32.1 Å². The monoisotopic (exact) mass is 655 g/mol. The van der Waals surface area contributed by atoms with Gasteiger partial charge in [0.15, 0.2) is 0 Å². The number of nitrogens with one attached hydrogen (secondary N) is 1. The lowest BCUT2D eigenvalue weighted by Crippen LogP contribution is -2.54. The van der Waals surface area contributed by atoms with E-state index in [1.54, 1.807) is 43.5 Å². The van der Waals surface area contributed by atoms with Gasteiger partial charge in [-0.3, -0.25) is 13.9 Å². The maximum absolute atomic E-state index is 14.7. The fraction of sp³-hybridized carbons (Fsp3) is 0.316. The fourth-order valence-corrected chi connectivity index (χ4v) is 6.62. The zero-order chi connectivity index (χ0) is 34.1. The molecule has 9 heteroatoms. The normalized spacial score (nSPS) is 12.6. The summed E-state index contributed by atoms with van der Waals surface area (Å²) in [7, 11) is -2.61. The van der Waals surface area contributed by atoms with Gasteiger partial charge in [-0.2, -0.15) is 0 Å². The van der Waals surface area contributed by atoms with Crippen molar-refractivity contribution in [3.8, 4) is 5.75 Å². The van der Waals surface area contributed by atoms with Crippen LogP contribution >= 0.6 is 0 Å². The number of methoxy groups -OCH3 is 1. The van der Waals surface area contributed by atoms with Gasteiger partial charge < -0.3 is 15.0 Å². The minimum Gasteiger partial charge on any atom is -0.497 e. The first-order valence-electron chi connectivity index (χ1n) is 15.9. The van der Waals surface area contributed by atoms with Crippen LogP contribution in [0.3, 0.4) is 0 Å². The van der Waals surface area contributed by atoms with Gasteiger partial charge in [0.05, 0.1) is 17.7 Å². The predicted molar refractivity (Wildman–Crippen MR) is 187 cm³/mol. The number of rotatable bonds is 14. The van der Waals surface area contributed by atoms with Gasteiger partial charge in [-0.1, -0.05) is 73.2 Å². The molecule has 47 heavy (non-hydrogen) atoms. The van der Waals surface area contributed by atoms with Crippen molar-refractivity contribution in [3.63, 3.8) is 0 Å². The number of benzene rings is 4. The first-order valence-corrected chi connectivity index (χ1v) is 17.3. The maximum Gasteiger partial charge on any atom is 0.264 e. The summed E-state index contributed by atoms with van der Waals surface area (Å²) >= 11 is 0. The molecule has 0 heterocycles. The molecule has 2 amide bonds. The minimum absolute atomic E-state index is 0.0623. The zero-order valence-corrected chi connectivity index (χ0v) is 28.9. The summed E-state index contributed by atoms with van der Waals surface area (Å²) in [6, 6.07) is 27.7. The molecule has 0 bridgehead atoms. The predicted octanol–water partition coefficient (Wildman–Crippen LogP) is 6.37. The van der Waals surface area contributed by atoms with Gasteiger partial charge in [-0.15, -0.1) is 0 Å². The van der Waals surface area contributed by atoms with Crippen molar-refractivity contribution in [2.24, 2.45) is 0 Å². The van der Waals surface area contributed by atoms with Crippen molar-refractivity contribution >= 4 is 27.5 Å². The second kappa shape index (κ2) is 15.8. The van der Waals surface area contributed by atoms with Crippen LogP contribution in [0.2, 0.25) is 0 Å². The molecule has 2 atom stereocenters. The van der Waals surface area contributed by atoms with E-state index in [1.165, 1.54) is 4.90 Å². The van der Waals surface area contributed by atoms with Crippen LogP contribution in [0.1, 0.15) is 48.1 Å². The highest BCUT2D eigenvalue weighted by Gasteiger charge is 2.35. The van der Waals surface area contributed by atoms with Gasteiger partial charge in [0, 0.05) is 19.0 Å². The highest BCUT2D eigenvalue weighted by molar-refractivity contribution is 7.92. The van der Waals surface area contributed by atoms with Gasteiger partial charge in [-0.25, -0.2) is 8.42 Å². The van der Waals surface area contributed by atoms with Crippen molar-refractivity contribution in [1.29, 1.82) is 0 Å². The molecule has 8 nitrogen and oxygen atoms in total. The molecule has 0 aromatic heterocycles. The molecule has 0 aliphatic heterocycles. The second-order valence-corrected chi connectivity index (χ2v) is 13.9. The van der Waals surface area contributed by atoms with Crippen LogP contribution in [0.4, 0.5) is 5.69 Å². The number of ether oxygens (including phenoxy) is 1. The summed E-state index contributed by atoms with van der Waals surface area (Å²) in [5.41, 5.74) is 4.79. The Kier molecular flexibility index (Phi) is 11.8. The standard InChI is InChI=1S/C38H45N3O5S/c1-7-30(5)39-38(43)36(24-31-12-9-8-10-13-31)40(25-32-14-11-15-34(23-32)46-6)37(42)26-41(33-19-18-28(3)29(4)22-33)47(44,45)35-20-16-27(2)17-21-35/h8-23,30,36H,7,24-26H2,1-6H3,(H,39,43)/t30-,36+/m1/s1. The first kappa shape index (κ1) is 35.2. The van der Waals surface area contributed by atoms with Crippen LogP contribution < -0.4 is 14.4 Å². The van der Waals surface area contributed by atoms with Gasteiger partial charge in [-0.05, 0) is 92.8 Å². The highest BCUT2D eigenvalue weighted by atomic mass is 32.2. The van der Waals surface area contributed by atoms with Crippen molar-refractivity contribution in [3.05, 3.63) is 125 Å². The number of hydrogen-bond donors (Lipinski definition) is 1. The van der Waals surface area contributed by atoms with E-state index in [2.05, 4.69) is 5.32 Å². The van der Waals surface area contributed by atoms with Crippen LogP contribution in [-0.2, 0) is 32.6 Å². The van der Waals surface area contributed by atoms with Crippen LogP contribution in [0.15, 0.2) is 102 Å². The lowest BCUT2D eigenvalue weighted by atomic mass is 10.0.